The fourth-order valence-corrected chi connectivity index (χ4v) is 3.12. The maximum atomic E-state index is 9.01. The van der Waals surface area contributed by atoms with Crippen molar-refractivity contribution in [2.24, 2.45) is 5.92 Å². The van der Waals surface area contributed by atoms with Gasteiger partial charge in [0.1, 0.15) is 0 Å². The van der Waals surface area contributed by atoms with E-state index in [9.17, 15) is 0 Å². The zero-order valence-corrected chi connectivity index (χ0v) is 14.7. The standard InChI is InChI=1S/C17H21N3O.C2H6/c1-13-5-17(12-21-2)11-20(13)4-3-14-6-15(9-18)8-16(7-14)10-19;1-2/h6-8,13,17H,3-5,11-12H2,1-2H3;1-2H3. The molecule has 0 N–H and O–H groups in total. The minimum atomic E-state index is 0.566. The van der Waals surface area contributed by atoms with Gasteiger partial charge in [0.25, 0.3) is 0 Å². The largest absolute Gasteiger partial charge is 0.384 e. The second-order valence-electron chi connectivity index (χ2n) is 5.79. The highest BCUT2D eigenvalue weighted by Crippen LogP contribution is 2.23. The molecule has 1 fully saturated rings. The first-order valence-corrected chi connectivity index (χ1v) is 8.33. The van der Waals surface area contributed by atoms with Crippen molar-refractivity contribution in [1.82, 2.24) is 4.90 Å². The smallest absolute Gasteiger partial charge is 0.0992 e. The summed E-state index contributed by atoms with van der Waals surface area (Å²) < 4.78 is 5.25. The first-order chi connectivity index (χ1) is 11.2. The average molecular weight is 313 g/mol. The lowest BCUT2D eigenvalue weighted by Crippen LogP contribution is -2.29. The Hall–Kier alpha value is -1.88. The summed E-state index contributed by atoms with van der Waals surface area (Å²) in [5.74, 6) is 0.616. The highest BCUT2D eigenvalue weighted by molar-refractivity contribution is 5.42. The molecule has 0 aliphatic carbocycles. The second-order valence-corrected chi connectivity index (χ2v) is 5.79. The van der Waals surface area contributed by atoms with Crippen molar-refractivity contribution in [1.29, 1.82) is 10.5 Å². The molecule has 0 bridgehead atoms. The lowest BCUT2D eigenvalue weighted by Gasteiger charge is -2.21. The molecule has 0 radical (unpaired) electrons. The molecule has 1 saturated heterocycles. The molecule has 2 atom stereocenters. The fraction of sp³-hybridized carbons (Fsp3) is 0.579. The molecule has 124 valence electrons. The van der Waals surface area contributed by atoms with Gasteiger partial charge in [-0.2, -0.15) is 10.5 Å². The van der Waals surface area contributed by atoms with Crippen LogP contribution in [0.2, 0.25) is 0 Å². The molecule has 2 unspecified atom stereocenters. The minimum Gasteiger partial charge on any atom is -0.384 e. The number of nitrogens with zero attached hydrogens (tertiary/aromatic N) is 3. The van der Waals surface area contributed by atoms with Gasteiger partial charge in [0, 0.05) is 26.2 Å². The second kappa shape index (κ2) is 10.0. The number of likely N-dealkylation sites (tertiary alicyclic amines) is 1. The molecule has 0 amide bonds. The SMILES string of the molecule is CC.COCC1CC(C)N(CCc2cc(C#N)cc(C#N)c2)C1. The zero-order chi connectivity index (χ0) is 17.2. The van der Waals surface area contributed by atoms with E-state index in [2.05, 4.69) is 24.0 Å². The molecule has 1 aromatic carbocycles. The van der Waals surface area contributed by atoms with E-state index in [0.29, 0.717) is 23.1 Å². The van der Waals surface area contributed by atoms with Crippen LogP contribution in [0.1, 0.15) is 43.9 Å². The van der Waals surface area contributed by atoms with Crippen LogP contribution in [0.15, 0.2) is 18.2 Å². The van der Waals surface area contributed by atoms with Crippen molar-refractivity contribution in [3.63, 3.8) is 0 Å². The molecule has 23 heavy (non-hydrogen) atoms. The van der Waals surface area contributed by atoms with Crippen LogP contribution in [0.4, 0.5) is 0 Å². The van der Waals surface area contributed by atoms with Crippen LogP contribution in [0.25, 0.3) is 0 Å². The molecule has 1 aliphatic rings. The molecule has 4 heteroatoms. The van der Waals surface area contributed by atoms with E-state index in [0.717, 1.165) is 31.7 Å². The zero-order valence-electron chi connectivity index (χ0n) is 14.7. The molecule has 2 rings (SSSR count). The number of hydrogen-bond donors (Lipinski definition) is 0. The molecule has 1 aliphatic heterocycles. The van der Waals surface area contributed by atoms with Gasteiger partial charge in [-0.05, 0) is 49.4 Å². The van der Waals surface area contributed by atoms with Crippen molar-refractivity contribution in [3.8, 4) is 12.1 Å². The Balaban J connectivity index is 0.00000127. The summed E-state index contributed by atoms with van der Waals surface area (Å²) in [6.45, 7) is 9.10. The quantitative estimate of drug-likeness (QED) is 0.836. The van der Waals surface area contributed by atoms with E-state index < -0.39 is 0 Å². The summed E-state index contributed by atoms with van der Waals surface area (Å²) >= 11 is 0. The topological polar surface area (TPSA) is 60.0 Å². The predicted molar refractivity (Wildman–Crippen MR) is 91.9 cm³/mol. The van der Waals surface area contributed by atoms with Crippen LogP contribution in [0, 0.1) is 28.6 Å². The van der Waals surface area contributed by atoms with Gasteiger partial charge in [0.15, 0.2) is 0 Å². The molecule has 1 heterocycles. The fourth-order valence-electron chi connectivity index (χ4n) is 3.12. The van der Waals surface area contributed by atoms with Gasteiger partial charge >= 0.3 is 0 Å². The Bertz CT molecular complexity index is 539. The highest BCUT2D eigenvalue weighted by atomic mass is 16.5. The van der Waals surface area contributed by atoms with Gasteiger partial charge in [0.2, 0.25) is 0 Å². The molecule has 4 nitrogen and oxygen atoms in total. The Morgan fingerprint density at radius 1 is 1.17 bits per heavy atom. The Morgan fingerprint density at radius 2 is 1.78 bits per heavy atom. The van der Waals surface area contributed by atoms with Crippen LogP contribution >= 0.6 is 0 Å². The average Bonchev–Trinajstić information content (AvgIpc) is 2.94. The third kappa shape index (κ3) is 5.67. The number of ether oxygens (including phenoxy) is 1. The van der Waals surface area contributed by atoms with Crippen LogP contribution in [0.5, 0.6) is 0 Å². The van der Waals surface area contributed by atoms with E-state index in [1.807, 2.05) is 26.0 Å². The Morgan fingerprint density at radius 3 is 2.30 bits per heavy atom. The maximum absolute atomic E-state index is 9.01. The number of rotatable bonds is 5. The lowest BCUT2D eigenvalue weighted by molar-refractivity contribution is 0.153. The number of methoxy groups -OCH3 is 1. The van der Waals surface area contributed by atoms with Gasteiger partial charge < -0.3 is 4.74 Å². The molecular weight excluding hydrogens is 286 g/mol. The van der Waals surface area contributed by atoms with Crippen molar-refractivity contribution < 1.29 is 4.74 Å². The minimum absolute atomic E-state index is 0.566. The van der Waals surface area contributed by atoms with E-state index in [4.69, 9.17) is 15.3 Å². The van der Waals surface area contributed by atoms with Crippen molar-refractivity contribution in [2.45, 2.75) is 39.7 Å². The maximum Gasteiger partial charge on any atom is 0.0992 e. The van der Waals surface area contributed by atoms with Gasteiger partial charge in [0.05, 0.1) is 29.9 Å². The van der Waals surface area contributed by atoms with Crippen molar-refractivity contribution in [3.05, 3.63) is 34.9 Å². The van der Waals surface area contributed by atoms with Crippen LogP contribution in [0.3, 0.4) is 0 Å². The van der Waals surface area contributed by atoms with Gasteiger partial charge in [-0.3, -0.25) is 4.90 Å². The summed E-state index contributed by atoms with van der Waals surface area (Å²) in [7, 11) is 1.75. The van der Waals surface area contributed by atoms with Gasteiger partial charge in [-0.15, -0.1) is 0 Å². The number of nitriles is 2. The molecular formula is C19H27N3O. The summed E-state index contributed by atoms with van der Waals surface area (Å²) in [6.07, 6.45) is 2.05. The first-order valence-electron chi connectivity index (χ1n) is 8.33. The van der Waals surface area contributed by atoms with E-state index in [-0.39, 0.29) is 0 Å². The highest BCUT2D eigenvalue weighted by Gasteiger charge is 2.28. The monoisotopic (exact) mass is 313 g/mol. The van der Waals surface area contributed by atoms with Gasteiger partial charge in [-0.25, -0.2) is 0 Å². The summed E-state index contributed by atoms with van der Waals surface area (Å²) in [5, 5.41) is 18.0. The van der Waals surface area contributed by atoms with Gasteiger partial charge in [-0.1, -0.05) is 13.8 Å². The molecule has 1 aromatic rings. The van der Waals surface area contributed by atoms with Crippen molar-refractivity contribution >= 4 is 0 Å². The molecule has 0 saturated carbocycles. The van der Waals surface area contributed by atoms with E-state index in [1.165, 1.54) is 6.42 Å². The summed E-state index contributed by atoms with van der Waals surface area (Å²) in [5.41, 5.74) is 2.19. The van der Waals surface area contributed by atoms with Crippen LogP contribution < -0.4 is 0 Å². The third-order valence-corrected chi connectivity index (χ3v) is 4.13. The number of hydrogen-bond acceptors (Lipinski definition) is 4. The van der Waals surface area contributed by atoms with Crippen LogP contribution in [-0.4, -0.2) is 37.7 Å². The van der Waals surface area contributed by atoms with Crippen molar-refractivity contribution in [2.75, 3.05) is 26.8 Å². The normalized spacial score (nSPS) is 20.3. The predicted octanol–water partition coefficient (Wildman–Crippen LogP) is 3.36. The third-order valence-electron chi connectivity index (χ3n) is 4.13. The summed E-state index contributed by atoms with van der Waals surface area (Å²) in [4.78, 5) is 2.47. The number of benzene rings is 1. The Kier molecular flexibility index (Phi) is 8.33. The molecule has 0 aromatic heterocycles. The van der Waals surface area contributed by atoms with E-state index in [1.54, 1.807) is 13.2 Å². The summed E-state index contributed by atoms with van der Waals surface area (Å²) in [6, 6.07) is 10.2. The first kappa shape index (κ1) is 19.2. The molecule has 0 spiro atoms. The van der Waals surface area contributed by atoms with Crippen LogP contribution in [-0.2, 0) is 11.2 Å². The Labute approximate surface area is 140 Å². The lowest BCUT2D eigenvalue weighted by atomic mass is 10.0. The van der Waals surface area contributed by atoms with E-state index >= 15 is 0 Å².